The molecule has 2 rings (SSSR count). The van der Waals surface area contributed by atoms with E-state index in [0.29, 0.717) is 24.3 Å². The fraction of sp³-hybridized carbons (Fsp3) is 0.385. The summed E-state index contributed by atoms with van der Waals surface area (Å²) >= 11 is 0. The molecule has 8 nitrogen and oxygen atoms in total. The number of nitrogens with zero attached hydrogens (tertiary/aromatic N) is 5. The first-order chi connectivity index (χ1) is 10.0. The Kier molecular flexibility index (Phi) is 4.49. The van der Waals surface area contributed by atoms with Gasteiger partial charge in [0.2, 0.25) is 5.95 Å². The van der Waals surface area contributed by atoms with Gasteiger partial charge in [-0.05, 0) is 42.5 Å². The molecule has 0 bridgehead atoms. The van der Waals surface area contributed by atoms with Crippen LogP contribution in [0.3, 0.4) is 0 Å². The minimum Gasteiger partial charge on any atom is -0.366 e. The maximum Gasteiger partial charge on any atom is 0.254 e. The number of aromatic nitrogens is 4. The molecule has 0 fully saturated rings. The lowest BCUT2D eigenvalue weighted by Crippen LogP contribution is -2.40. The van der Waals surface area contributed by atoms with E-state index in [1.54, 1.807) is 29.2 Å². The number of nitrogens with two attached hydrogens (primary N) is 2. The number of rotatable bonds is 5. The Labute approximate surface area is 122 Å². The maximum atomic E-state index is 12.6. The number of hydrogen-bond donors (Lipinski definition) is 2. The molecule has 2 aromatic rings. The minimum absolute atomic E-state index is 0.0720. The summed E-state index contributed by atoms with van der Waals surface area (Å²) in [5.41, 5.74) is 12.4. The number of nitrogen functional groups attached to an aromatic ring is 1. The quantitative estimate of drug-likeness (QED) is 0.803. The van der Waals surface area contributed by atoms with Crippen LogP contribution in [0.25, 0.3) is 5.69 Å². The summed E-state index contributed by atoms with van der Waals surface area (Å²) in [6.45, 7) is 4.84. The van der Waals surface area contributed by atoms with Crippen LogP contribution in [0.4, 0.5) is 5.95 Å². The molecule has 0 spiro atoms. The van der Waals surface area contributed by atoms with Crippen LogP contribution in [-0.4, -0.2) is 50.1 Å². The van der Waals surface area contributed by atoms with Crippen molar-refractivity contribution in [3.8, 4) is 5.69 Å². The van der Waals surface area contributed by atoms with Crippen LogP contribution in [0.5, 0.6) is 0 Å². The van der Waals surface area contributed by atoms with E-state index in [2.05, 4.69) is 15.5 Å². The predicted octanol–water partition coefficient (Wildman–Crippen LogP) is 0.0538. The summed E-state index contributed by atoms with van der Waals surface area (Å²) in [6.07, 6.45) is 0. The number of hydrogen-bond acceptors (Lipinski definition) is 6. The van der Waals surface area contributed by atoms with Crippen LogP contribution in [0, 0.1) is 0 Å². The Morgan fingerprint density at radius 3 is 2.76 bits per heavy atom. The van der Waals surface area contributed by atoms with Crippen molar-refractivity contribution in [2.24, 2.45) is 5.73 Å². The lowest BCUT2D eigenvalue weighted by molar-refractivity contribution is 0.0712. The lowest BCUT2D eigenvalue weighted by Gasteiger charge is -2.26. The fourth-order valence-electron chi connectivity index (χ4n) is 2.05. The molecule has 1 amide bonds. The molecule has 1 aromatic heterocycles. The molecule has 0 aliphatic carbocycles. The summed E-state index contributed by atoms with van der Waals surface area (Å²) in [7, 11) is 0. The molecule has 0 saturated carbocycles. The minimum atomic E-state index is -0.0797. The molecule has 0 unspecified atom stereocenters. The molecule has 8 heteroatoms. The third-order valence-electron chi connectivity index (χ3n) is 3.09. The molecule has 21 heavy (non-hydrogen) atoms. The average molecular weight is 289 g/mol. The Morgan fingerprint density at radius 1 is 1.43 bits per heavy atom. The normalized spacial score (nSPS) is 10.9. The number of benzene rings is 1. The SMILES string of the molecule is CC(C)N(CCN)C(=O)c1cccc(-n2nnnc2N)c1. The van der Waals surface area contributed by atoms with Gasteiger partial charge in [-0.15, -0.1) is 0 Å². The van der Waals surface area contributed by atoms with E-state index in [0.717, 1.165) is 0 Å². The molecule has 0 aliphatic rings. The first-order valence-corrected chi connectivity index (χ1v) is 6.70. The van der Waals surface area contributed by atoms with E-state index >= 15 is 0 Å². The van der Waals surface area contributed by atoms with Crippen molar-refractivity contribution < 1.29 is 4.79 Å². The van der Waals surface area contributed by atoms with Crippen LogP contribution in [0.15, 0.2) is 24.3 Å². The summed E-state index contributed by atoms with van der Waals surface area (Å²) < 4.78 is 1.37. The van der Waals surface area contributed by atoms with Crippen molar-refractivity contribution in [1.29, 1.82) is 0 Å². The molecule has 4 N–H and O–H groups in total. The van der Waals surface area contributed by atoms with Crippen LogP contribution in [-0.2, 0) is 0 Å². The topological polar surface area (TPSA) is 116 Å². The molecular weight excluding hydrogens is 270 g/mol. The molecule has 0 radical (unpaired) electrons. The largest absolute Gasteiger partial charge is 0.366 e. The van der Waals surface area contributed by atoms with Crippen molar-refractivity contribution in [1.82, 2.24) is 25.1 Å². The van der Waals surface area contributed by atoms with Gasteiger partial charge in [-0.2, -0.15) is 4.68 Å². The van der Waals surface area contributed by atoms with Crippen molar-refractivity contribution in [2.45, 2.75) is 19.9 Å². The Morgan fingerprint density at radius 2 is 2.19 bits per heavy atom. The van der Waals surface area contributed by atoms with E-state index < -0.39 is 0 Å². The summed E-state index contributed by atoms with van der Waals surface area (Å²) in [4.78, 5) is 14.3. The summed E-state index contributed by atoms with van der Waals surface area (Å²) in [6, 6.07) is 7.08. The second-order valence-electron chi connectivity index (χ2n) is 4.88. The number of anilines is 1. The standard InChI is InChI=1S/C13H19N7O/c1-9(2)19(7-6-14)12(21)10-4-3-5-11(8-10)20-13(15)16-17-18-20/h3-5,8-9H,6-7,14H2,1-2H3,(H2,15,16,18). The first kappa shape index (κ1) is 14.9. The Balaban J connectivity index is 2.32. The van der Waals surface area contributed by atoms with Gasteiger partial charge in [0, 0.05) is 24.7 Å². The first-order valence-electron chi connectivity index (χ1n) is 6.70. The van der Waals surface area contributed by atoms with E-state index in [4.69, 9.17) is 11.5 Å². The number of tetrazole rings is 1. The highest BCUT2D eigenvalue weighted by Gasteiger charge is 2.18. The molecule has 112 valence electrons. The molecule has 0 saturated heterocycles. The molecule has 1 aromatic carbocycles. The van der Waals surface area contributed by atoms with Crippen LogP contribution < -0.4 is 11.5 Å². The third kappa shape index (κ3) is 3.16. The van der Waals surface area contributed by atoms with Gasteiger partial charge in [0.05, 0.1) is 5.69 Å². The number of carbonyl (C=O) groups excluding carboxylic acids is 1. The van der Waals surface area contributed by atoms with Gasteiger partial charge in [-0.25, -0.2) is 0 Å². The monoisotopic (exact) mass is 289 g/mol. The Bertz CT molecular complexity index is 622. The highest BCUT2D eigenvalue weighted by atomic mass is 16.2. The highest BCUT2D eigenvalue weighted by molar-refractivity contribution is 5.95. The van der Waals surface area contributed by atoms with E-state index in [-0.39, 0.29) is 17.9 Å². The number of amides is 1. The van der Waals surface area contributed by atoms with E-state index in [1.807, 2.05) is 13.8 Å². The average Bonchev–Trinajstić information content (AvgIpc) is 2.90. The van der Waals surface area contributed by atoms with Gasteiger partial charge >= 0.3 is 0 Å². The number of carbonyl (C=O) groups is 1. The highest BCUT2D eigenvalue weighted by Crippen LogP contribution is 2.14. The predicted molar refractivity (Wildman–Crippen MR) is 78.8 cm³/mol. The van der Waals surface area contributed by atoms with Crippen molar-refractivity contribution >= 4 is 11.9 Å². The molecular formula is C13H19N7O. The summed E-state index contributed by atoms with van der Waals surface area (Å²) in [5.74, 6) is 0.0891. The van der Waals surface area contributed by atoms with E-state index in [9.17, 15) is 4.79 Å². The zero-order chi connectivity index (χ0) is 15.4. The van der Waals surface area contributed by atoms with Gasteiger partial charge in [-0.3, -0.25) is 4.79 Å². The Hall–Kier alpha value is -2.48. The van der Waals surface area contributed by atoms with Crippen LogP contribution in [0.1, 0.15) is 24.2 Å². The lowest BCUT2D eigenvalue weighted by atomic mass is 10.1. The van der Waals surface area contributed by atoms with Crippen molar-refractivity contribution in [3.05, 3.63) is 29.8 Å². The van der Waals surface area contributed by atoms with Crippen LogP contribution >= 0.6 is 0 Å². The second-order valence-corrected chi connectivity index (χ2v) is 4.88. The van der Waals surface area contributed by atoms with Gasteiger partial charge in [-0.1, -0.05) is 11.2 Å². The zero-order valence-electron chi connectivity index (χ0n) is 12.1. The fourth-order valence-corrected chi connectivity index (χ4v) is 2.05. The smallest absolute Gasteiger partial charge is 0.254 e. The van der Waals surface area contributed by atoms with Crippen molar-refractivity contribution in [3.63, 3.8) is 0 Å². The molecule has 0 aliphatic heterocycles. The van der Waals surface area contributed by atoms with Gasteiger partial charge in [0.1, 0.15) is 0 Å². The molecule has 0 atom stereocenters. The van der Waals surface area contributed by atoms with Gasteiger partial charge < -0.3 is 16.4 Å². The second kappa shape index (κ2) is 6.31. The van der Waals surface area contributed by atoms with Crippen molar-refractivity contribution in [2.75, 3.05) is 18.8 Å². The van der Waals surface area contributed by atoms with Gasteiger partial charge in [0.25, 0.3) is 5.91 Å². The summed E-state index contributed by atoms with van der Waals surface area (Å²) in [5, 5.41) is 10.9. The van der Waals surface area contributed by atoms with Gasteiger partial charge in [0.15, 0.2) is 0 Å². The third-order valence-corrected chi connectivity index (χ3v) is 3.09. The zero-order valence-corrected chi connectivity index (χ0v) is 12.1. The maximum absolute atomic E-state index is 12.6. The molecule has 1 heterocycles. The van der Waals surface area contributed by atoms with Crippen LogP contribution in [0.2, 0.25) is 0 Å². The van der Waals surface area contributed by atoms with E-state index in [1.165, 1.54) is 4.68 Å².